The van der Waals surface area contributed by atoms with E-state index in [0.717, 1.165) is 17.8 Å². The van der Waals surface area contributed by atoms with Gasteiger partial charge in [-0.15, -0.1) is 0 Å². The van der Waals surface area contributed by atoms with Crippen LogP contribution in [0.25, 0.3) is 0 Å². The average molecular weight is 322 g/mol. The molecular formula is C18H12F2N4. The highest BCUT2D eigenvalue weighted by Gasteiger charge is 2.12. The zero-order valence-corrected chi connectivity index (χ0v) is 12.5. The molecule has 0 unspecified atom stereocenters. The van der Waals surface area contributed by atoms with Gasteiger partial charge in [-0.3, -0.25) is 0 Å². The summed E-state index contributed by atoms with van der Waals surface area (Å²) in [6, 6.07) is 12.8. The SMILES string of the molecule is N#Cc1ccc(N(Cc2ccc(F)c(F)c2)c2cncnc2)cc1. The number of hydrogen-bond donors (Lipinski definition) is 0. The summed E-state index contributed by atoms with van der Waals surface area (Å²) in [6.07, 6.45) is 4.67. The van der Waals surface area contributed by atoms with Crippen molar-refractivity contribution in [2.75, 3.05) is 4.90 Å². The first-order valence-corrected chi connectivity index (χ1v) is 7.14. The van der Waals surface area contributed by atoms with Crippen LogP contribution in [-0.4, -0.2) is 9.97 Å². The van der Waals surface area contributed by atoms with Crippen molar-refractivity contribution in [3.63, 3.8) is 0 Å². The summed E-state index contributed by atoms with van der Waals surface area (Å²) in [7, 11) is 0. The molecule has 118 valence electrons. The number of halogens is 2. The van der Waals surface area contributed by atoms with Crippen molar-refractivity contribution in [1.29, 1.82) is 5.26 Å². The van der Waals surface area contributed by atoms with Crippen molar-refractivity contribution < 1.29 is 8.78 Å². The number of aromatic nitrogens is 2. The lowest BCUT2D eigenvalue weighted by Gasteiger charge is -2.24. The average Bonchev–Trinajstić information content (AvgIpc) is 2.63. The molecule has 0 fully saturated rings. The van der Waals surface area contributed by atoms with E-state index in [9.17, 15) is 8.78 Å². The molecule has 6 heteroatoms. The van der Waals surface area contributed by atoms with Gasteiger partial charge in [0.1, 0.15) is 6.33 Å². The summed E-state index contributed by atoms with van der Waals surface area (Å²) in [6.45, 7) is 0.302. The zero-order valence-electron chi connectivity index (χ0n) is 12.5. The molecule has 0 N–H and O–H groups in total. The summed E-state index contributed by atoms with van der Waals surface area (Å²) in [4.78, 5) is 9.85. The van der Waals surface area contributed by atoms with E-state index in [1.165, 1.54) is 12.4 Å². The molecule has 0 amide bonds. The second-order valence-corrected chi connectivity index (χ2v) is 5.09. The molecule has 0 bridgehead atoms. The van der Waals surface area contributed by atoms with Crippen LogP contribution in [0.1, 0.15) is 11.1 Å². The van der Waals surface area contributed by atoms with E-state index in [0.29, 0.717) is 23.4 Å². The van der Waals surface area contributed by atoms with Gasteiger partial charge >= 0.3 is 0 Å². The molecule has 1 aromatic heterocycles. The van der Waals surface area contributed by atoms with Crippen LogP contribution in [0.2, 0.25) is 0 Å². The van der Waals surface area contributed by atoms with Gasteiger partial charge < -0.3 is 4.90 Å². The van der Waals surface area contributed by atoms with E-state index in [2.05, 4.69) is 16.0 Å². The highest BCUT2D eigenvalue weighted by atomic mass is 19.2. The summed E-state index contributed by atoms with van der Waals surface area (Å²) < 4.78 is 26.6. The van der Waals surface area contributed by atoms with E-state index < -0.39 is 11.6 Å². The Labute approximate surface area is 137 Å². The predicted molar refractivity (Wildman–Crippen MR) is 85.4 cm³/mol. The molecule has 2 aromatic carbocycles. The number of nitrogens with zero attached hydrogens (tertiary/aromatic N) is 4. The Balaban J connectivity index is 1.98. The van der Waals surface area contributed by atoms with Crippen molar-refractivity contribution in [2.45, 2.75) is 6.54 Å². The maximum absolute atomic E-state index is 13.5. The van der Waals surface area contributed by atoms with Crippen LogP contribution < -0.4 is 4.90 Å². The summed E-state index contributed by atoms with van der Waals surface area (Å²) >= 11 is 0. The van der Waals surface area contributed by atoms with Gasteiger partial charge in [-0.05, 0) is 42.0 Å². The fourth-order valence-electron chi connectivity index (χ4n) is 2.30. The van der Waals surface area contributed by atoms with Crippen molar-refractivity contribution in [3.8, 4) is 6.07 Å². The second-order valence-electron chi connectivity index (χ2n) is 5.09. The van der Waals surface area contributed by atoms with Gasteiger partial charge in [0.2, 0.25) is 0 Å². The third kappa shape index (κ3) is 3.36. The molecular weight excluding hydrogens is 310 g/mol. The Morgan fingerprint density at radius 2 is 1.62 bits per heavy atom. The van der Waals surface area contributed by atoms with E-state index in [-0.39, 0.29) is 0 Å². The molecule has 3 aromatic rings. The third-order valence-electron chi connectivity index (χ3n) is 3.49. The summed E-state index contributed by atoms with van der Waals surface area (Å²) in [5.41, 5.74) is 2.62. The molecule has 0 aliphatic rings. The van der Waals surface area contributed by atoms with Gasteiger partial charge in [-0.2, -0.15) is 5.26 Å². The fourth-order valence-corrected chi connectivity index (χ4v) is 2.30. The van der Waals surface area contributed by atoms with Gasteiger partial charge in [-0.25, -0.2) is 18.7 Å². The number of benzene rings is 2. The van der Waals surface area contributed by atoms with Gasteiger partial charge in [0.05, 0.1) is 29.7 Å². The smallest absolute Gasteiger partial charge is 0.159 e. The monoisotopic (exact) mass is 322 g/mol. The molecule has 0 saturated carbocycles. The number of nitriles is 1. The summed E-state index contributed by atoms with van der Waals surface area (Å²) in [5.74, 6) is -1.77. The number of rotatable bonds is 4. The molecule has 1 heterocycles. The first-order valence-electron chi connectivity index (χ1n) is 7.14. The topological polar surface area (TPSA) is 52.8 Å². The minimum Gasteiger partial charge on any atom is -0.334 e. The van der Waals surface area contributed by atoms with Gasteiger partial charge in [0, 0.05) is 12.2 Å². The first-order chi connectivity index (χ1) is 11.7. The van der Waals surface area contributed by atoms with Gasteiger partial charge in [-0.1, -0.05) is 6.07 Å². The van der Waals surface area contributed by atoms with Crippen LogP contribution in [0.3, 0.4) is 0 Å². The highest BCUT2D eigenvalue weighted by molar-refractivity contribution is 5.62. The number of anilines is 2. The molecule has 0 radical (unpaired) electrons. The first kappa shape index (κ1) is 15.6. The van der Waals surface area contributed by atoms with Crippen LogP contribution in [0.4, 0.5) is 20.2 Å². The van der Waals surface area contributed by atoms with Crippen LogP contribution in [0.15, 0.2) is 61.2 Å². The largest absolute Gasteiger partial charge is 0.334 e. The molecule has 0 aliphatic carbocycles. The van der Waals surface area contributed by atoms with Crippen LogP contribution >= 0.6 is 0 Å². The molecule has 0 aliphatic heterocycles. The molecule has 4 nitrogen and oxygen atoms in total. The quantitative estimate of drug-likeness (QED) is 0.729. The summed E-state index contributed by atoms with van der Waals surface area (Å²) in [5, 5.41) is 8.92. The van der Waals surface area contributed by atoms with Crippen molar-refractivity contribution in [2.24, 2.45) is 0 Å². The highest BCUT2D eigenvalue weighted by Crippen LogP contribution is 2.27. The predicted octanol–water partition coefficient (Wildman–Crippen LogP) is 3.96. The van der Waals surface area contributed by atoms with Crippen LogP contribution in [0.5, 0.6) is 0 Å². The Hall–Kier alpha value is -3.33. The van der Waals surface area contributed by atoms with Crippen molar-refractivity contribution in [3.05, 3.63) is 83.9 Å². The van der Waals surface area contributed by atoms with Crippen LogP contribution in [0, 0.1) is 23.0 Å². The molecule has 0 saturated heterocycles. The normalized spacial score (nSPS) is 10.2. The minimum atomic E-state index is -0.892. The minimum absolute atomic E-state index is 0.302. The van der Waals surface area contributed by atoms with E-state index in [1.807, 2.05) is 4.90 Å². The van der Waals surface area contributed by atoms with Gasteiger partial charge in [0.25, 0.3) is 0 Å². The lowest BCUT2D eigenvalue weighted by Crippen LogP contribution is -2.17. The van der Waals surface area contributed by atoms with Crippen molar-refractivity contribution in [1.82, 2.24) is 9.97 Å². The molecule has 3 rings (SSSR count). The Morgan fingerprint density at radius 3 is 2.25 bits per heavy atom. The van der Waals surface area contributed by atoms with E-state index >= 15 is 0 Å². The Morgan fingerprint density at radius 1 is 0.917 bits per heavy atom. The third-order valence-corrected chi connectivity index (χ3v) is 3.49. The molecule has 0 spiro atoms. The van der Waals surface area contributed by atoms with Gasteiger partial charge in [0.15, 0.2) is 11.6 Å². The number of hydrogen-bond acceptors (Lipinski definition) is 4. The lowest BCUT2D eigenvalue weighted by atomic mass is 10.1. The fraction of sp³-hybridized carbons (Fsp3) is 0.0556. The van der Waals surface area contributed by atoms with E-state index in [4.69, 9.17) is 5.26 Å². The lowest BCUT2D eigenvalue weighted by molar-refractivity contribution is 0.507. The van der Waals surface area contributed by atoms with E-state index in [1.54, 1.807) is 36.7 Å². The molecule has 24 heavy (non-hydrogen) atoms. The maximum Gasteiger partial charge on any atom is 0.159 e. The zero-order chi connectivity index (χ0) is 16.9. The second kappa shape index (κ2) is 6.84. The standard InChI is InChI=1S/C18H12F2N4/c19-17-6-3-14(7-18(17)20)11-24(16-9-22-12-23-10-16)15-4-1-13(8-21)2-5-15/h1-7,9-10,12H,11H2. The molecule has 0 atom stereocenters. The maximum atomic E-state index is 13.5. The Kier molecular flexibility index (Phi) is 4.43. The van der Waals surface area contributed by atoms with Crippen LogP contribution in [-0.2, 0) is 6.54 Å². The Bertz CT molecular complexity index is 874. The van der Waals surface area contributed by atoms with Crippen molar-refractivity contribution >= 4 is 11.4 Å².